The third-order valence-corrected chi connectivity index (χ3v) is 0. The van der Waals surface area contributed by atoms with E-state index < -0.39 is 0 Å². The van der Waals surface area contributed by atoms with Gasteiger partial charge in [-0.1, -0.05) is 0 Å². The molecule has 0 radical (unpaired) electrons. The van der Waals surface area contributed by atoms with Crippen molar-refractivity contribution < 1.29 is 54.5 Å². The van der Waals surface area contributed by atoms with Gasteiger partial charge in [0.15, 0.2) is 0 Å². The quantitative estimate of drug-likeness (QED) is 0.574. The fourth-order valence-electron chi connectivity index (χ4n) is 0. The summed E-state index contributed by atoms with van der Waals surface area (Å²) in [6.07, 6.45) is 0. The second kappa shape index (κ2) is 876. The van der Waals surface area contributed by atoms with Gasteiger partial charge in [0.2, 0.25) is 0 Å². The van der Waals surface area contributed by atoms with E-state index in [4.69, 9.17) is 0 Å². The predicted molar refractivity (Wildman–Crippen MR) is 12.2 cm³/mol. The fourth-order valence-corrected chi connectivity index (χ4v) is 0. The molecule has 0 bridgehead atoms. The molecule has 0 amide bonds. The summed E-state index contributed by atoms with van der Waals surface area (Å²) in [5.41, 5.74) is 0. The van der Waals surface area contributed by atoms with E-state index in [1.807, 2.05) is 0 Å². The van der Waals surface area contributed by atoms with Gasteiger partial charge in [-0.05, 0) is 0 Å². The summed E-state index contributed by atoms with van der Waals surface area (Å²) >= 11 is 0. The van der Waals surface area contributed by atoms with Crippen LogP contribution in [0.25, 0.3) is 0 Å². The standard InChI is InChI=1S/FH.5H2O.Ta/h1H;5*1H2;/q;;;;;;+5/p-5. The van der Waals surface area contributed by atoms with Crippen LogP contribution < -0.4 is 0 Å². The number of rotatable bonds is 0. The molecule has 0 rings (SSSR count). The molecule has 5 nitrogen and oxygen atoms in total. The van der Waals surface area contributed by atoms with Crippen LogP contribution in [0.3, 0.4) is 0 Å². The van der Waals surface area contributed by atoms with Gasteiger partial charge in [0.25, 0.3) is 0 Å². The van der Waals surface area contributed by atoms with Crippen LogP contribution >= 0.6 is 0 Å². The molecule has 0 unspecified atom stereocenters. The molecule has 48 valence electrons. The maximum Gasteiger partial charge on any atom is 5.00 e. The molecule has 0 fully saturated rings. The van der Waals surface area contributed by atoms with Crippen LogP contribution in [0.5, 0.6) is 0 Å². The molecule has 0 aliphatic rings. The normalized spacial score (nSPS) is 0. The van der Waals surface area contributed by atoms with Gasteiger partial charge in [-0.2, -0.15) is 0 Å². The minimum atomic E-state index is 0. The van der Waals surface area contributed by atoms with Crippen LogP contribution in [0.2, 0.25) is 0 Å². The van der Waals surface area contributed by atoms with Crippen molar-refractivity contribution in [3.63, 3.8) is 0 Å². The molecule has 5 N–H and O–H groups in total. The zero-order chi connectivity index (χ0) is 0. The summed E-state index contributed by atoms with van der Waals surface area (Å²) < 4.78 is 0. The van der Waals surface area contributed by atoms with Crippen molar-refractivity contribution >= 4 is 0 Å². The SMILES string of the molecule is F.[OH-].[OH-].[OH-].[OH-].[OH-].[Ta+5]. The van der Waals surface area contributed by atoms with Crippen LogP contribution in [-0.2, 0) is 22.4 Å². The molecule has 7 heteroatoms. The first kappa shape index (κ1) is 1410. The van der Waals surface area contributed by atoms with Crippen LogP contribution in [0.4, 0.5) is 4.70 Å². The fraction of sp³-hybridized carbons (Fsp3) is 0. The van der Waals surface area contributed by atoms with Gasteiger partial charge in [-0.25, -0.2) is 0 Å². The molecule has 0 aliphatic heterocycles. The minimum Gasteiger partial charge on any atom is -0.870 e. The Hall–Kier alpha value is 0.470. The monoisotopic (exact) mass is 286 g/mol. The molecule has 0 spiro atoms. The summed E-state index contributed by atoms with van der Waals surface area (Å²) in [5.74, 6) is 0. The van der Waals surface area contributed by atoms with Crippen molar-refractivity contribution in [2.75, 3.05) is 0 Å². The van der Waals surface area contributed by atoms with Crippen molar-refractivity contribution in [3.05, 3.63) is 0 Å². The van der Waals surface area contributed by atoms with Gasteiger partial charge >= 0.3 is 22.4 Å². The summed E-state index contributed by atoms with van der Waals surface area (Å²) in [5, 5.41) is 0. The maximum absolute atomic E-state index is 0. The van der Waals surface area contributed by atoms with Gasteiger partial charge in [-0.15, -0.1) is 0 Å². The van der Waals surface area contributed by atoms with Gasteiger partial charge in [-0.3, -0.25) is 4.70 Å². The Morgan fingerprint density at radius 2 is 0.429 bits per heavy atom. The average Bonchev–Trinajstić information content (AvgIpc) is 0. The van der Waals surface area contributed by atoms with Crippen molar-refractivity contribution in [1.29, 1.82) is 0 Å². The second-order valence-corrected chi connectivity index (χ2v) is 0. The molecule has 0 saturated heterocycles. The first-order chi connectivity index (χ1) is 0. The second-order valence-electron chi connectivity index (χ2n) is 0. The van der Waals surface area contributed by atoms with E-state index in [0.717, 1.165) is 0 Å². The Morgan fingerprint density at radius 1 is 0.429 bits per heavy atom. The van der Waals surface area contributed by atoms with E-state index in [0.29, 0.717) is 0 Å². The van der Waals surface area contributed by atoms with E-state index in [1.54, 1.807) is 0 Å². The molecule has 0 heterocycles. The Balaban J connectivity index is 0. The first-order valence-electron chi connectivity index (χ1n) is 0. The number of halogens is 1. The van der Waals surface area contributed by atoms with E-state index in [-0.39, 0.29) is 54.5 Å². The van der Waals surface area contributed by atoms with Crippen LogP contribution in [0.1, 0.15) is 0 Å². The summed E-state index contributed by atoms with van der Waals surface area (Å²) in [6.45, 7) is 0. The van der Waals surface area contributed by atoms with E-state index >= 15 is 0 Å². The van der Waals surface area contributed by atoms with Crippen molar-refractivity contribution in [3.8, 4) is 0 Å². The molecule has 7 heavy (non-hydrogen) atoms. The Labute approximate surface area is 55.1 Å². The third kappa shape index (κ3) is 585. The zero-order valence-electron chi connectivity index (χ0n) is 3.09. The molecule has 0 aromatic heterocycles. The number of hydrogen-bond donors (Lipinski definition) is 0. The average molecular weight is 286 g/mol. The summed E-state index contributed by atoms with van der Waals surface area (Å²) in [7, 11) is 0. The Kier molecular flexibility index (Phi) is 177000. The predicted octanol–water partition coefficient (Wildman–Crippen LogP) is -0.734. The van der Waals surface area contributed by atoms with Crippen LogP contribution in [-0.4, -0.2) is 27.4 Å². The first-order valence-corrected chi connectivity index (χ1v) is 0. The summed E-state index contributed by atoms with van der Waals surface area (Å²) in [6, 6.07) is 0. The van der Waals surface area contributed by atoms with Crippen LogP contribution in [0, 0.1) is 0 Å². The molecule has 0 aliphatic carbocycles. The van der Waals surface area contributed by atoms with Gasteiger partial charge in [0.1, 0.15) is 0 Å². The van der Waals surface area contributed by atoms with Gasteiger partial charge in [0, 0.05) is 0 Å². The van der Waals surface area contributed by atoms with Crippen LogP contribution in [0.15, 0.2) is 0 Å². The topological polar surface area (TPSA) is 150 Å². The molecule has 0 aromatic carbocycles. The minimum absolute atomic E-state index is 0. The van der Waals surface area contributed by atoms with Gasteiger partial charge in [0.05, 0.1) is 0 Å². The molecular weight excluding hydrogens is 280 g/mol. The third-order valence-electron chi connectivity index (χ3n) is 0. The largest absolute Gasteiger partial charge is 5.00 e. The smallest absolute Gasteiger partial charge is 0.870 e. The van der Waals surface area contributed by atoms with E-state index in [2.05, 4.69) is 0 Å². The van der Waals surface area contributed by atoms with Gasteiger partial charge < -0.3 is 27.4 Å². The Bertz CT molecular complexity index is 8.04. The van der Waals surface area contributed by atoms with Crippen molar-refractivity contribution in [2.24, 2.45) is 0 Å². The molecule has 0 saturated carbocycles. The number of hydrogen-bond acceptors (Lipinski definition) is 5. The van der Waals surface area contributed by atoms with Crippen molar-refractivity contribution in [1.82, 2.24) is 0 Å². The summed E-state index contributed by atoms with van der Waals surface area (Å²) in [4.78, 5) is 0. The van der Waals surface area contributed by atoms with E-state index in [9.17, 15) is 0 Å². The Morgan fingerprint density at radius 3 is 0.429 bits per heavy atom. The zero-order valence-corrected chi connectivity index (χ0v) is 6.30. The molecule has 0 atom stereocenters. The maximum atomic E-state index is 0. The molecule has 0 aromatic rings. The molecular formula is H6FO5Ta. The van der Waals surface area contributed by atoms with E-state index in [1.165, 1.54) is 0 Å². The van der Waals surface area contributed by atoms with Crippen molar-refractivity contribution in [2.45, 2.75) is 0 Å².